The van der Waals surface area contributed by atoms with E-state index in [1.165, 1.54) is 4.88 Å². The Balaban J connectivity index is 1.53. The normalized spacial score (nSPS) is 11.6. The molecule has 0 saturated heterocycles. The first-order chi connectivity index (χ1) is 12.7. The van der Waals surface area contributed by atoms with Gasteiger partial charge in [0.15, 0.2) is 5.96 Å². The highest BCUT2D eigenvalue weighted by Gasteiger charge is 2.10. The maximum Gasteiger partial charge on any atom is 0.191 e. The molecule has 0 atom stereocenters. The summed E-state index contributed by atoms with van der Waals surface area (Å²) in [5.74, 6) is 0.797. The van der Waals surface area contributed by atoms with Crippen LogP contribution in [0.1, 0.15) is 21.3 Å². The molecule has 0 bridgehead atoms. The average molecular weight is 386 g/mol. The number of aliphatic imine (C=N–C) groups is 1. The molecule has 2 heterocycles. The topological polar surface area (TPSA) is 62.2 Å². The highest BCUT2D eigenvalue weighted by molar-refractivity contribution is 7.15. The summed E-state index contributed by atoms with van der Waals surface area (Å²) in [6.07, 6.45) is 0.892. The van der Waals surface area contributed by atoms with Crippen LogP contribution in [0.5, 0.6) is 0 Å². The van der Waals surface area contributed by atoms with Gasteiger partial charge in [0.25, 0.3) is 0 Å². The second kappa shape index (κ2) is 8.91. The van der Waals surface area contributed by atoms with Gasteiger partial charge < -0.3 is 10.6 Å². The van der Waals surface area contributed by atoms with Crippen LogP contribution in [0, 0.1) is 13.8 Å². The van der Waals surface area contributed by atoms with Gasteiger partial charge in [-0.05, 0) is 13.8 Å². The van der Waals surface area contributed by atoms with Gasteiger partial charge in [0.1, 0.15) is 5.01 Å². The third-order valence-electron chi connectivity index (χ3n) is 3.89. The zero-order valence-electron chi connectivity index (χ0n) is 15.2. The van der Waals surface area contributed by atoms with E-state index >= 15 is 0 Å². The molecule has 0 aliphatic rings. The SMILES string of the molecule is CN=C(NCCc1csc(C)n1)NCc1sc(-c2ccccc2)nc1C. The minimum Gasteiger partial charge on any atom is -0.356 e. The lowest BCUT2D eigenvalue weighted by Crippen LogP contribution is -2.37. The van der Waals surface area contributed by atoms with Crippen LogP contribution in [0.15, 0.2) is 40.7 Å². The molecule has 7 heteroatoms. The van der Waals surface area contributed by atoms with Gasteiger partial charge in [-0.15, -0.1) is 22.7 Å². The van der Waals surface area contributed by atoms with E-state index in [1.807, 2.05) is 25.1 Å². The van der Waals surface area contributed by atoms with E-state index in [9.17, 15) is 0 Å². The Kier molecular flexibility index (Phi) is 6.35. The number of nitrogens with zero attached hydrogens (tertiary/aromatic N) is 3. The highest BCUT2D eigenvalue weighted by atomic mass is 32.1. The molecule has 0 aliphatic heterocycles. The molecule has 136 valence electrons. The number of hydrogen-bond donors (Lipinski definition) is 2. The van der Waals surface area contributed by atoms with Gasteiger partial charge in [-0.1, -0.05) is 30.3 Å². The number of benzene rings is 1. The largest absolute Gasteiger partial charge is 0.356 e. The van der Waals surface area contributed by atoms with Crippen molar-refractivity contribution < 1.29 is 0 Å². The maximum absolute atomic E-state index is 4.70. The number of aromatic nitrogens is 2. The molecule has 0 fully saturated rings. The van der Waals surface area contributed by atoms with Crippen molar-refractivity contribution in [2.75, 3.05) is 13.6 Å². The minimum absolute atomic E-state index is 0.714. The summed E-state index contributed by atoms with van der Waals surface area (Å²) in [6.45, 7) is 5.61. The van der Waals surface area contributed by atoms with Crippen molar-refractivity contribution >= 4 is 28.6 Å². The second-order valence-electron chi connectivity index (χ2n) is 5.85. The molecule has 26 heavy (non-hydrogen) atoms. The van der Waals surface area contributed by atoms with Crippen LogP contribution < -0.4 is 10.6 Å². The van der Waals surface area contributed by atoms with E-state index in [0.29, 0.717) is 6.54 Å². The van der Waals surface area contributed by atoms with Crippen LogP contribution in [0.3, 0.4) is 0 Å². The van der Waals surface area contributed by atoms with Crippen molar-refractivity contribution in [3.8, 4) is 10.6 Å². The Morgan fingerprint density at radius 1 is 1.12 bits per heavy atom. The van der Waals surface area contributed by atoms with E-state index in [1.54, 1.807) is 29.7 Å². The van der Waals surface area contributed by atoms with Crippen LogP contribution in [0.4, 0.5) is 0 Å². The molecule has 3 aromatic rings. The number of hydrogen-bond acceptors (Lipinski definition) is 5. The van der Waals surface area contributed by atoms with Gasteiger partial charge in [0.2, 0.25) is 0 Å². The third kappa shape index (κ3) is 4.89. The Hall–Kier alpha value is -2.25. The predicted molar refractivity (Wildman–Crippen MR) is 111 cm³/mol. The third-order valence-corrected chi connectivity index (χ3v) is 5.92. The standard InChI is InChI=1S/C19H23N5S2/c1-13-17(26-18(23-13)15-7-5-4-6-8-15)11-22-19(20-3)21-10-9-16-12-25-14(2)24-16/h4-8,12H,9-11H2,1-3H3,(H2,20,21,22). The van der Waals surface area contributed by atoms with Crippen molar-refractivity contribution in [1.29, 1.82) is 0 Å². The molecule has 2 aromatic heterocycles. The fraction of sp³-hybridized carbons (Fsp3) is 0.316. The summed E-state index contributed by atoms with van der Waals surface area (Å²) in [5, 5.41) is 11.0. The highest BCUT2D eigenvalue weighted by Crippen LogP contribution is 2.27. The molecule has 2 N–H and O–H groups in total. The van der Waals surface area contributed by atoms with Gasteiger partial charge >= 0.3 is 0 Å². The molecule has 0 amide bonds. The van der Waals surface area contributed by atoms with Crippen molar-refractivity contribution in [3.63, 3.8) is 0 Å². The van der Waals surface area contributed by atoms with Gasteiger partial charge in [0.05, 0.1) is 22.9 Å². The summed E-state index contributed by atoms with van der Waals surface area (Å²) in [4.78, 5) is 14.7. The zero-order valence-corrected chi connectivity index (χ0v) is 16.9. The monoisotopic (exact) mass is 385 g/mol. The number of rotatable bonds is 6. The lowest BCUT2D eigenvalue weighted by atomic mass is 10.2. The number of aryl methyl sites for hydroxylation is 2. The van der Waals surface area contributed by atoms with Crippen molar-refractivity contribution in [2.24, 2.45) is 4.99 Å². The molecule has 0 aliphatic carbocycles. The Bertz CT molecular complexity index is 867. The first-order valence-corrected chi connectivity index (χ1v) is 10.2. The lowest BCUT2D eigenvalue weighted by Gasteiger charge is -2.10. The smallest absolute Gasteiger partial charge is 0.191 e. The molecule has 0 unspecified atom stereocenters. The summed E-state index contributed by atoms with van der Waals surface area (Å²) in [6, 6.07) is 10.3. The van der Waals surface area contributed by atoms with Crippen molar-refractivity contribution in [3.05, 3.63) is 57.0 Å². The van der Waals surface area contributed by atoms with Crippen LogP contribution in [0.2, 0.25) is 0 Å². The minimum atomic E-state index is 0.714. The number of nitrogens with one attached hydrogen (secondary N) is 2. The molecular weight excluding hydrogens is 362 g/mol. The lowest BCUT2D eigenvalue weighted by molar-refractivity contribution is 0.787. The van der Waals surface area contributed by atoms with Crippen LogP contribution in [-0.4, -0.2) is 29.5 Å². The second-order valence-corrected chi connectivity index (χ2v) is 8.00. The van der Waals surface area contributed by atoms with E-state index in [4.69, 9.17) is 4.98 Å². The Labute approximate surface area is 162 Å². The quantitative estimate of drug-likeness (QED) is 0.501. The summed E-state index contributed by atoms with van der Waals surface area (Å²) < 4.78 is 0. The van der Waals surface area contributed by atoms with Crippen molar-refractivity contribution in [1.82, 2.24) is 20.6 Å². The Morgan fingerprint density at radius 3 is 2.62 bits per heavy atom. The number of guanidine groups is 1. The molecule has 0 saturated carbocycles. The fourth-order valence-electron chi connectivity index (χ4n) is 2.51. The molecule has 0 radical (unpaired) electrons. The van der Waals surface area contributed by atoms with E-state index in [0.717, 1.165) is 45.9 Å². The van der Waals surface area contributed by atoms with Crippen molar-refractivity contribution in [2.45, 2.75) is 26.8 Å². The van der Waals surface area contributed by atoms with E-state index in [-0.39, 0.29) is 0 Å². The molecule has 3 rings (SSSR count). The zero-order chi connectivity index (χ0) is 18.4. The van der Waals surface area contributed by atoms with E-state index < -0.39 is 0 Å². The van der Waals surface area contributed by atoms with Crippen LogP contribution in [0.25, 0.3) is 10.6 Å². The molecular formula is C19H23N5S2. The Morgan fingerprint density at radius 2 is 1.92 bits per heavy atom. The first kappa shape index (κ1) is 18.5. The summed E-state index contributed by atoms with van der Waals surface area (Å²) in [7, 11) is 1.79. The fourth-order valence-corrected chi connectivity index (χ4v) is 4.17. The van der Waals surface area contributed by atoms with Crippen LogP contribution in [-0.2, 0) is 13.0 Å². The molecule has 5 nitrogen and oxygen atoms in total. The summed E-state index contributed by atoms with van der Waals surface area (Å²) in [5.41, 5.74) is 3.35. The van der Waals surface area contributed by atoms with Gasteiger partial charge in [-0.3, -0.25) is 4.99 Å². The van der Waals surface area contributed by atoms with Gasteiger partial charge in [-0.25, -0.2) is 9.97 Å². The molecule has 0 spiro atoms. The van der Waals surface area contributed by atoms with Gasteiger partial charge in [-0.2, -0.15) is 0 Å². The first-order valence-electron chi connectivity index (χ1n) is 8.53. The average Bonchev–Trinajstić information content (AvgIpc) is 3.24. The molecule has 1 aromatic carbocycles. The maximum atomic E-state index is 4.70. The van der Waals surface area contributed by atoms with E-state index in [2.05, 4.69) is 45.0 Å². The van der Waals surface area contributed by atoms with Crippen LogP contribution >= 0.6 is 22.7 Å². The van der Waals surface area contributed by atoms with Gasteiger partial charge in [0, 0.05) is 35.8 Å². The summed E-state index contributed by atoms with van der Waals surface area (Å²) >= 11 is 3.41. The number of thiazole rings is 2. The predicted octanol–water partition coefficient (Wildman–Crippen LogP) is 3.79.